The first-order chi connectivity index (χ1) is 10.2. The predicted octanol–water partition coefficient (Wildman–Crippen LogP) is 2.85. The van der Waals surface area contributed by atoms with E-state index in [1.165, 1.54) is 5.56 Å². The Morgan fingerprint density at radius 3 is 1.68 bits per heavy atom. The molecule has 2 atom stereocenters. The average Bonchev–Trinajstić information content (AvgIpc) is 2.48. The fourth-order valence-electron chi connectivity index (χ4n) is 1.79. The molecule has 0 aliphatic rings. The Morgan fingerprint density at radius 1 is 0.955 bits per heavy atom. The molecular weight excluding hydrogens is 309 g/mol. The van der Waals surface area contributed by atoms with Crippen LogP contribution in [0.2, 0.25) is 0 Å². The van der Waals surface area contributed by atoms with E-state index in [1.54, 1.807) is 0 Å². The van der Waals surface area contributed by atoms with Crippen molar-refractivity contribution in [3.63, 3.8) is 0 Å². The normalized spacial score (nSPS) is 15.2. The number of quaternary nitrogens is 1. The molecule has 2 nitrogen and oxygen atoms in total. The highest BCUT2D eigenvalue weighted by atomic mass is 32.4. The quantitative estimate of drug-likeness (QED) is 0.858. The summed E-state index contributed by atoms with van der Waals surface area (Å²) in [7, 11) is 0. The minimum absolute atomic E-state index is 0.330. The lowest BCUT2D eigenvalue weighted by molar-refractivity contribution is -0.420. The zero-order valence-corrected chi connectivity index (χ0v) is 15.5. The fraction of sp³-hybridized carbons (Fsp3) is 0.333. The van der Waals surface area contributed by atoms with Crippen molar-refractivity contribution >= 4 is 23.4 Å². The summed E-state index contributed by atoms with van der Waals surface area (Å²) in [5, 5.41) is 0.460. The van der Waals surface area contributed by atoms with Crippen molar-refractivity contribution in [3.05, 3.63) is 66.2 Å². The van der Waals surface area contributed by atoms with Crippen LogP contribution in [0.1, 0.15) is 39.3 Å². The second-order valence-electron chi connectivity index (χ2n) is 6.37. The lowest BCUT2D eigenvalue weighted by atomic mass is 10.1. The van der Waals surface area contributed by atoms with E-state index in [0.717, 1.165) is 5.30 Å². The summed E-state index contributed by atoms with van der Waals surface area (Å²) in [4.78, 5) is 12.3. The van der Waals surface area contributed by atoms with Crippen molar-refractivity contribution in [1.29, 1.82) is 0 Å². The molecule has 2 rings (SSSR count). The third-order valence-electron chi connectivity index (χ3n) is 3.35. The van der Waals surface area contributed by atoms with Crippen LogP contribution < -0.4 is 15.9 Å². The largest absolute Gasteiger partial charge is 0.817 e. The Morgan fingerprint density at radius 2 is 1.36 bits per heavy atom. The second kappa shape index (κ2) is 8.03. The summed E-state index contributed by atoms with van der Waals surface area (Å²) in [5.74, 6) is 0. The molecule has 0 bridgehead atoms. The van der Waals surface area contributed by atoms with Crippen molar-refractivity contribution in [2.45, 2.75) is 38.9 Å². The van der Waals surface area contributed by atoms with Gasteiger partial charge in [-0.05, 0) is 17.4 Å². The molecule has 0 saturated carbocycles. The van der Waals surface area contributed by atoms with E-state index < -0.39 is 6.26 Å². The van der Waals surface area contributed by atoms with Gasteiger partial charge in [-0.2, -0.15) is 0 Å². The van der Waals surface area contributed by atoms with Gasteiger partial charge in [-0.3, -0.25) is 0 Å². The second-order valence-corrected chi connectivity index (χ2v) is 10.9. The van der Waals surface area contributed by atoms with Gasteiger partial charge in [0.15, 0.2) is 0 Å². The monoisotopic (exact) mass is 335 g/mol. The number of hydrogen-bond donors (Lipinski definition) is 1. The maximum Gasteiger partial charge on any atom is 0.107 e. The van der Waals surface area contributed by atoms with E-state index >= 15 is 0 Å². The van der Waals surface area contributed by atoms with Gasteiger partial charge in [0, 0.05) is 5.56 Å². The Hall–Kier alpha value is -0.990. The lowest BCUT2D eigenvalue weighted by Gasteiger charge is -2.41. The van der Waals surface area contributed by atoms with Gasteiger partial charge in [0.05, 0.1) is 0 Å². The average molecular weight is 335 g/mol. The zero-order valence-electron chi connectivity index (χ0n) is 13.8. The first kappa shape index (κ1) is 19.1. The van der Waals surface area contributed by atoms with Crippen LogP contribution in [0.4, 0.5) is 0 Å². The van der Waals surface area contributed by atoms with Crippen molar-refractivity contribution in [2.75, 3.05) is 0 Å². The molecule has 22 heavy (non-hydrogen) atoms. The summed E-state index contributed by atoms with van der Waals surface area (Å²) < 4.78 is 0. The van der Waals surface area contributed by atoms with Crippen LogP contribution in [0.5, 0.6) is 0 Å². The summed E-state index contributed by atoms with van der Waals surface area (Å²) in [5.41, 5.74) is 5.21. The van der Waals surface area contributed by atoms with Crippen LogP contribution in [0, 0.1) is 0 Å². The number of hydrogen-bond acceptors (Lipinski definition) is 2. The van der Waals surface area contributed by atoms with Crippen LogP contribution in [-0.4, -0.2) is 5.16 Å². The number of rotatable bonds is 2. The predicted molar refractivity (Wildman–Crippen MR) is 97.9 cm³/mol. The van der Waals surface area contributed by atoms with Crippen LogP contribution in [0.3, 0.4) is 0 Å². The van der Waals surface area contributed by atoms with Crippen LogP contribution in [0.25, 0.3) is 0 Å². The molecule has 4 heteroatoms. The molecule has 2 aromatic carbocycles. The summed E-state index contributed by atoms with van der Waals surface area (Å²) >= 11 is 5.20. The molecule has 0 aliphatic heterocycles. The van der Waals surface area contributed by atoms with Crippen LogP contribution in [0.15, 0.2) is 60.7 Å². The Kier molecular flexibility index (Phi) is 6.96. The van der Waals surface area contributed by atoms with Gasteiger partial charge >= 0.3 is 0 Å². The maximum atomic E-state index is 12.3. The molecule has 0 fully saturated rings. The van der Waals surface area contributed by atoms with E-state index in [4.69, 9.17) is 11.8 Å². The molecular formula is C18H26NOPS. The van der Waals surface area contributed by atoms with Gasteiger partial charge in [-0.25, -0.2) is 0 Å². The van der Waals surface area contributed by atoms with Gasteiger partial charge in [0.2, 0.25) is 0 Å². The topological polar surface area (TPSA) is 50.7 Å². The van der Waals surface area contributed by atoms with Crippen molar-refractivity contribution in [2.24, 2.45) is 0 Å². The van der Waals surface area contributed by atoms with Gasteiger partial charge in [-0.15, -0.1) is 11.8 Å². The zero-order chi connectivity index (χ0) is 16.8. The van der Waals surface area contributed by atoms with E-state index in [1.807, 2.05) is 69.3 Å². The van der Waals surface area contributed by atoms with Gasteiger partial charge in [0.1, 0.15) is 6.04 Å². The minimum Gasteiger partial charge on any atom is -0.817 e. The van der Waals surface area contributed by atoms with E-state index in [-0.39, 0.29) is 5.16 Å². The Labute approximate surface area is 139 Å². The van der Waals surface area contributed by atoms with E-state index in [2.05, 4.69) is 24.8 Å². The Balaban J connectivity index is 0.000000235. The molecule has 1 unspecified atom stereocenters. The molecule has 0 saturated heterocycles. The lowest BCUT2D eigenvalue weighted by Crippen LogP contribution is -2.51. The molecule has 0 aromatic heterocycles. The third kappa shape index (κ3) is 5.33. The summed E-state index contributed by atoms with van der Waals surface area (Å²) in [6.07, 6.45) is -2.65. The molecule has 0 amide bonds. The molecule has 0 spiro atoms. The minimum atomic E-state index is -2.65. The summed E-state index contributed by atoms with van der Waals surface area (Å²) in [6, 6.07) is 20.0. The fourth-order valence-corrected chi connectivity index (χ4v) is 3.50. The Bertz CT molecular complexity index is 606. The molecule has 0 aliphatic carbocycles. The van der Waals surface area contributed by atoms with Crippen LogP contribution in [-0.2, 0) is 11.8 Å². The van der Waals surface area contributed by atoms with Gasteiger partial charge in [-0.1, -0.05) is 87.7 Å². The molecule has 0 heterocycles. The molecule has 0 radical (unpaired) electrons. The van der Waals surface area contributed by atoms with Crippen LogP contribution >= 0.6 is 6.26 Å². The standard InChI is InChI=1S/C10H15OPS.C8H11N/c1-10(2,3)12(11,13)9-7-5-4-6-8-9;1-7(9)8-5-3-2-4-6-8/h4-8H,1-3H3,(H,11,13);2-7H,9H2,1H3/t;7-/m.0/s1. The van der Waals surface area contributed by atoms with Gasteiger partial charge < -0.3 is 10.6 Å². The van der Waals surface area contributed by atoms with E-state index in [0.29, 0.717) is 6.04 Å². The number of benzene rings is 2. The maximum absolute atomic E-state index is 12.3. The highest BCUT2D eigenvalue weighted by Gasteiger charge is 2.22. The summed E-state index contributed by atoms with van der Waals surface area (Å²) in [6.45, 7) is 7.87. The molecule has 120 valence electrons. The molecule has 3 N–H and O–H groups in total. The highest BCUT2D eigenvalue weighted by molar-refractivity contribution is 8.15. The SMILES string of the molecule is CC(C)(C)P([O-])(=S)c1ccccc1.C[C@H]([NH3+])c1ccccc1. The van der Waals surface area contributed by atoms with Crippen molar-refractivity contribution in [3.8, 4) is 0 Å². The molecule has 2 aromatic rings. The van der Waals surface area contributed by atoms with Crippen molar-refractivity contribution in [1.82, 2.24) is 0 Å². The first-order valence-electron chi connectivity index (χ1n) is 7.41. The van der Waals surface area contributed by atoms with Crippen molar-refractivity contribution < 1.29 is 10.6 Å². The first-order valence-corrected chi connectivity index (χ1v) is 10.1. The third-order valence-corrected chi connectivity index (χ3v) is 8.37. The van der Waals surface area contributed by atoms with Gasteiger partial charge in [0.25, 0.3) is 0 Å². The van der Waals surface area contributed by atoms with E-state index in [9.17, 15) is 4.89 Å². The smallest absolute Gasteiger partial charge is 0.107 e. The highest BCUT2D eigenvalue weighted by Crippen LogP contribution is 2.48.